The fourth-order valence-corrected chi connectivity index (χ4v) is 3.46. The molecule has 1 aliphatic heterocycles. The molecular formula is C22H20N2O. The zero-order chi connectivity index (χ0) is 17.1. The monoisotopic (exact) mass is 328 g/mol. The molecule has 0 saturated carbocycles. The molecule has 0 radical (unpaired) electrons. The summed E-state index contributed by atoms with van der Waals surface area (Å²) < 4.78 is 0. The van der Waals surface area contributed by atoms with Crippen LogP contribution >= 0.6 is 0 Å². The number of anilines is 1. The SMILES string of the molecule is OC[C@H]1C(c2ccccc2)=NN(c2ccccc2)[C@@H]1c1ccccc1. The molecule has 3 aromatic rings. The van der Waals surface area contributed by atoms with E-state index in [4.69, 9.17) is 5.10 Å². The van der Waals surface area contributed by atoms with Gasteiger partial charge in [0.1, 0.15) is 0 Å². The maximum atomic E-state index is 10.2. The van der Waals surface area contributed by atoms with Gasteiger partial charge in [-0.3, -0.25) is 5.01 Å². The van der Waals surface area contributed by atoms with Crippen molar-refractivity contribution in [3.8, 4) is 0 Å². The molecule has 0 fully saturated rings. The Bertz CT molecular complexity index is 847. The highest BCUT2D eigenvalue weighted by Crippen LogP contribution is 2.40. The summed E-state index contributed by atoms with van der Waals surface area (Å²) in [6, 6.07) is 30.5. The summed E-state index contributed by atoms with van der Waals surface area (Å²) in [7, 11) is 0. The molecule has 4 rings (SSSR count). The number of hydrogen-bond acceptors (Lipinski definition) is 3. The lowest BCUT2D eigenvalue weighted by atomic mass is 9.87. The van der Waals surface area contributed by atoms with Gasteiger partial charge in [-0.15, -0.1) is 0 Å². The Morgan fingerprint density at radius 2 is 1.32 bits per heavy atom. The smallest absolute Gasteiger partial charge is 0.0882 e. The topological polar surface area (TPSA) is 35.8 Å². The van der Waals surface area contributed by atoms with Gasteiger partial charge in [-0.2, -0.15) is 5.10 Å². The summed E-state index contributed by atoms with van der Waals surface area (Å²) in [6.07, 6.45) is 0. The van der Waals surface area contributed by atoms with E-state index in [1.54, 1.807) is 0 Å². The minimum Gasteiger partial charge on any atom is -0.396 e. The molecule has 1 aliphatic rings. The average molecular weight is 328 g/mol. The van der Waals surface area contributed by atoms with Crippen molar-refractivity contribution in [2.24, 2.45) is 11.0 Å². The zero-order valence-corrected chi connectivity index (χ0v) is 13.9. The number of aliphatic hydroxyl groups is 1. The third-order valence-electron chi connectivity index (χ3n) is 4.64. The van der Waals surface area contributed by atoms with Crippen molar-refractivity contribution in [2.75, 3.05) is 11.6 Å². The molecule has 1 heterocycles. The molecule has 0 unspecified atom stereocenters. The lowest BCUT2D eigenvalue weighted by Gasteiger charge is -2.27. The fourth-order valence-electron chi connectivity index (χ4n) is 3.46. The van der Waals surface area contributed by atoms with Crippen molar-refractivity contribution in [3.05, 3.63) is 102 Å². The maximum absolute atomic E-state index is 10.2. The van der Waals surface area contributed by atoms with E-state index in [1.165, 1.54) is 0 Å². The fraction of sp³-hybridized carbons (Fsp3) is 0.136. The number of hydrogen-bond donors (Lipinski definition) is 1. The Balaban J connectivity index is 1.84. The first-order valence-electron chi connectivity index (χ1n) is 8.52. The van der Waals surface area contributed by atoms with Crippen LogP contribution in [0.25, 0.3) is 0 Å². The van der Waals surface area contributed by atoms with Crippen molar-refractivity contribution >= 4 is 11.4 Å². The molecule has 25 heavy (non-hydrogen) atoms. The Kier molecular flexibility index (Phi) is 4.32. The molecule has 2 atom stereocenters. The molecule has 0 aromatic heterocycles. The normalized spacial score (nSPS) is 19.7. The van der Waals surface area contributed by atoms with Gasteiger partial charge in [0.15, 0.2) is 0 Å². The van der Waals surface area contributed by atoms with Gasteiger partial charge in [-0.1, -0.05) is 78.9 Å². The first kappa shape index (κ1) is 15.6. The van der Waals surface area contributed by atoms with Crippen molar-refractivity contribution in [3.63, 3.8) is 0 Å². The number of nitrogens with zero attached hydrogens (tertiary/aromatic N) is 2. The molecule has 3 aromatic carbocycles. The number of para-hydroxylation sites is 1. The Morgan fingerprint density at radius 1 is 0.760 bits per heavy atom. The summed E-state index contributed by atoms with van der Waals surface area (Å²) in [5, 5.41) is 17.2. The molecule has 1 N–H and O–H groups in total. The molecule has 124 valence electrons. The number of rotatable bonds is 4. The van der Waals surface area contributed by atoms with Crippen LogP contribution in [0.4, 0.5) is 5.69 Å². The molecule has 0 saturated heterocycles. The maximum Gasteiger partial charge on any atom is 0.0882 e. The summed E-state index contributed by atoms with van der Waals surface area (Å²) in [4.78, 5) is 0. The summed E-state index contributed by atoms with van der Waals surface area (Å²) in [5.74, 6) is -0.0787. The quantitative estimate of drug-likeness (QED) is 0.777. The van der Waals surface area contributed by atoms with Crippen LogP contribution in [0.1, 0.15) is 17.2 Å². The van der Waals surface area contributed by atoms with Crippen LogP contribution in [0, 0.1) is 5.92 Å². The van der Waals surface area contributed by atoms with Crippen LogP contribution in [0.15, 0.2) is 96.1 Å². The third-order valence-corrected chi connectivity index (χ3v) is 4.64. The highest BCUT2D eigenvalue weighted by atomic mass is 16.3. The van der Waals surface area contributed by atoms with Gasteiger partial charge >= 0.3 is 0 Å². The largest absolute Gasteiger partial charge is 0.396 e. The Morgan fingerprint density at radius 3 is 1.92 bits per heavy atom. The van der Waals surface area contributed by atoms with Crippen molar-refractivity contribution in [1.29, 1.82) is 0 Å². The molecule has 0 aliphatic carbocycles. The predicted octanol–water partition coefficient (Wildman–Crippen LogP) is 4.26. The van der Waals surface area contributed by atoms with Gasteiger partial charge in [0.05, 0.1) is 30.0 Å². The summed E-state index contributed by atoms with van der Waals surface area (Å²) in [5.41, 5.74) is 4.17. The van der Waals surface area contributed by atoms with Crippen LogP contribution in [0.5, 0.6) is 0 Å². The standard InChI is InChI=1S/C22H20N2O/c25-16-20-21(17-10-4-1-5-11-17)23-24(19-14-8-3-9-15-19)22(20)18-12-6-2-7-13-18/h1-15,20,22,25H,16H2/t20-,22+/m0/s1. The highest BCUT2D eigenvalue weighted by Gasteiger charge is 2.39. The second-order valence-corrected chi connectivity index (χ2v) is 6.18. The second-order valence-electron chi connectivity index (χ2n) is 6.18. The van der Waals surface area contributed by atoms with Gasteiger partial charge in [0.2, 0.25) is 0 Å². The van der Waals surface area contributed by atoms with Gasteiger partial charge < -0.3 is 5.11 Å². The van der Waals surface area contributed by atoms with E-state index >= 15 is 0 Å². The van der Waals surface area contributed by atoms with Gasteiger partial charge in [-0.05, 0) is 23.3 Å². The lowest BCUT2D eigenvalue weighted by Crippen LogP contribution is -2.28. The zero-order valence-electron chi connectivity index (χ0n) is 13.9. The van der Waals surface area contributed by atoms with Crippen LogP contribution < -0.4 is 5.01 Å². The third kappa shape index (κ3) is 2.94. The van der Waals surface area contributed by atoms with E-state index in [0.29, 0.717) is 0 Å². The van der Waals surface area contributed by atoms with E-state index in [9.17, 15) is 5.11 Å². The van der Waals surface area contributed by atoms with Crippen LogP contribution in [0.2, 0.25) is 0 Å². The van der Waals surface area contributed by atoms with Crippen molar-refractivity contribution in [2.45, 2.75) is 6.04 Å². The van der Waals surface area contributed by atoms with Gasteiger partial charge in [0, 0.05) is 0 Å². The molecular weight excluding hydrogens is 308 g/mol. The second kappa shape index (κ2) is 6.91. The minimum atomic E-state index is -0.0787. The highest BCUT2D eigenvalue weighted by molar-refractivity contribution is 6.05. The van der Waals surface area contributed by atoms with Gasteiger partial charge in [-0.25, -0.2) is 0 Å². The van der Waals surface area contributed by atoms with E-state index in [-0.39, 0.29) is 18.6 Å². The van der Waals surface area contributed by atoms with Crippen LogP contribution in [-0.2, 0) is 0 Å². The van der Waals surface area contributed by atoms with Crippen molar-refractivity contribution in [1.82, 2.24) is 0 Å². The predicted molar refractivity (Wildman–Crippen MR) is 102 cm³/mol. The number of aliphatic hydroxyl groups excluding tert-OH is 1. The Hall–Kier alpha value is -2.91. The summed E-state index contributed by atoms with van der Waals surface area (Å²) in [6.45, 7) is 0.0522. The Labute approximate surface area is 147 Å². The summed E-state index contributed by atoms with van der Waals surface area (Å²) >= 11 is 0. The molecule has 0 spiro atoms. The number of benzene rings is 3. The molecule has 3 nitrogen and oxygen atoms in total. The lowest BCUT2D eigenvalue weighted by molar-refractivity contribution is 0.248. The molecule has 3 heteroatoms. The van der Waals surface area contributed by atoms with Crippen LogP contribution in [-0.4, -0.2) is 17.4 Å². The molecule has 0 amide bonds. The van der Waals surface area contributed by atoms with E-state index < -0.39 is 0 Å². The van der Waals surface area contributed by atoms with E-state index in [2.05, 4.69) is 36.4 Å². The van der Waals surface area contributed by atoms with Crippen molar-refractivity contribution < 1.29 is 5.11 Å². The average Bonchev–Trinajstić information content (AvgIpc) is 3.09. The van der Waals surface area contributed by atoms with E-state index in [0.717, 1.165) is 22.5 Å². The van der Waals surface area contributed by atoms with Crippen LogP contribution in [0.3, 0.4) is 0 Å². The van der Waals surface area contributed by atoms with Gasteiger partial charge in [0.25, 0.3) is 0 Å². The minimum absolute atomic E-state index is 0.0243. The number of hydrazone groups is 1. The first-order valence-corrected chi connectivity index (χ1v) is 8.52. The molecule has 0 bridgehead atoms. The first-order chi connectivity index (χ1) is 12.4. The van der Waals surface area contributed by atoms with E-state index in [1.807, 2.05) is 59.6 Å².